The first-order valence-corrected chi connectivity index (χ1v) is 20.5. The highest BCUT2D eigenvalue weighted by Crippen LogP contribution is 2.72. The zero-order valence-corrected chi connectivity index (χ0v) is 32.7. The molecule has 6 unspecified atom stereocenters. The fourth-order valence-corrected chi connectivity index (χ4v) is 13.1. The highest BCUT2D eigenvalue weighted by Gasteiger charge is 2.75. The van der Waals surface area contributed by atoms with Gasteiger partial charge in [-0.15, -0.1) is 0 Å². The number of hydrogen-bond acceptors (Lipinski definition) is 11. The van der Waals surface area contributed by atoms with E-state index in [1.165, 1.54) is 0 Å². The molecule has 0 aromatic rings. The third-order valence-corrected chi connectivity index (χ3v) is 15.8. The van der Waals surface area contributed by atoms with Crippen molar-refractivity contribution >= 4 is 0 Å². The van der Waals surface area contributed by atoms with E-state index in [4.69, 9.17) is 29.4 Å². The van der Waals surface area contributed by atoms with Gasteiger partial charge in [-0.2, -0.15) is 0 Å². The van der Waals surface area contributed by atoms with Crippen molar-refractivity contribution < 1.29 is 39.0 Å². The van der Waals surface area contributed by atoms with Crippen LogP contribution in [0.3, 0.4) is 0 Å². The molecule has 7 fully saturated rings. The molecule has 0 amide bonds. The lowest BCUT2D eigenvalue weighted by molar-refractivity contribution is -0.238. The lowest BCUT2D eigenvalue weighted by Gasteiger charge is -2.66. The maximum absolute atomic E-state index is 12.5. The van der Waals surface area contributed by atoms with E-state index in [0.29, 0.717) is 31.7 Å². The van der Waals surface area contributed by atoms with Crippen molar-refractivity contribution in [2.75, 3.05) is 52.5 Å². The van der Waals surface area contributed by atoms with E-state index < -0.39 is 29.8 Å². The summed E-state index contributed by atoms with van der Waals surface area (Å²) in [5, 5.41) is 33.6. The summed E-state index contributed by atoms with van der Waals surface area (Å²) in [5.41, 5.74) is 5.88. The number of aliphatic hydroxyl groups excluding tert-OH is 2. The third kappa shape index (κ3) is 6.58. The maximum atomic E-state index is 12.5. The smallest absolute Gasteiger partial charge is 0.216 e. The van der Waals surface area contributed by atoms with Crippen LogP contribution < -0.4 is 5.73 Å². The minimum Gasteiger partial charge on any atom is -0.388 e. The molecule has 1 spiro atoms. The Kier molecular flexibility index (Phi) is 10.8. The second kappa shape index (κ2) is 14.3. The predicted molar refractivity (Wildman–Crippen MR) is 193 cm³/mol. The summed E-state index contributed by atoms with van der Waals surface area (Å²) in [6, 6.07) is 0. The van der Waals surface area contributed by atoms with Crippen molar-refractivity contribution in [3.8, 4) is 0 Å². The first-order chi connectivity index (χ1) is 24.0. The SMILES string of the molecule is CCO[C@@H](C1C[C@@H](C)[C@H]2C(O1)[C@H](O)[C@@]1(N)C3CC[C@@H]4CC3(CCC[C@H](OC3CN(CCN5CCOC5O)CCO3)C4(C)C)CC[C@]21C)C(C)(C)O. The highest BCUT2D eigenvalue weighted by atomic mass is 16.7. The average Bonchev–Trinajstić information content (AvgIpc) is 3.57. The van der Waals surface area contributed by atoms with Crippen LogP contribution in [0.15, 0.2) is 0 Å². The van der Waals surface area contributed by atoms with Gasteiger partial charge >= 0.3 is 0 Å². The van der Waals surface area contributed by atoms with Crippen molar-refractivity contribution in [1.29, 1.82) is 0 Å². The number of ether oxygens (including phenoxy) is 5. The quantitative estimate of drug-likeness (QED) is 0.277. The molecule has 0 radical (unpaired) electrons. The Morgan fingerprint density at radius 1 is 1.00 bits per heavy atom. The van der Waals surface area contributed by atoms with E-state index in [1.807, 2.05) is 11.8 Å². The molecule has 3 saturated heterocycles. The Morgan fingerprint density at radius 2 is 1.76 bits per heavy atom. The predicted octanol–water partition coefficient (Wildman–Crippen LogP) is 3.71. The molecule has 7 rings (SSSR count). The van der Waals surface area contributed by atoms with Crippen LogP contribution in [0.25, 0.3) is 0 Å². The minimum atomic E-state index is -1.06. The molecule has 294 valence electrons. The van der Waals surface area contributed by atoms with Gasteiger partial charge in [0.2, 0.25) is 6.41 Å². The van der Waals surface area contributed by atoms with E-state index >= 15 is 0 Å². The third-order valence-electron chi connectivity index (χ3n) is 15.8. The van der Waals surface area contributed by atoms with Crippen molar-refractivity contribution in [2.45, 2.75) is 161 Å². The molecule has 5 N–H and O–H groups in total. The largest absolute Gasteiger partial charge is 0.388 e. The van der Waals surface area contributed by atoms with Crippen molar-refractivity contribution in [3.63, 3.8) is 0 Å². The van der Waals surface area contributed by atoms with Gasteiger partial charge < -0.3 is 44.7 Å². The van der Waals surface area contributed by atoms with Gasteiger partial charge in [-0.05, 0) is 112 Å². The van der Waals surface area contributed by atoms with Crippen molar-refractivity contribution in [1.82, 2.24) is 9.80 Å². The van der Waals surface area contributed by atoms with Crippen molar-refractivity contribution in [3.05, 3.63) is 0 Å². The van der Waals surface area contributed by atoms with Crippen LogP contribution in [-0.4, -0.2) is 132 Å². The van der Waals surface area contributed by atoms with Gasteiger partial charge in [-0.3, -0.25) is 9.80 Å². The lowest BCUT2D eigenvalue weighted by Crippen LogP contribution is -2.71. The molecule has 3 aliphatic heterocycles. The zero-order chi connectivity index (χ0) is 36.6. The van der Waals surface area contributed by atoms with E-state index in [2.05, 4.69) is 32.6 Å². The monoisotopic (exact) mass is 722 g/mol. The molecule has 2 bridgehead atoms. The molecule has 11 nitrogen and oxygen atoms in total. The number of morpholine rings is 1. The van der Waals surface area contributed by atoms with Crippen LogP contribution in [0.1, 0.15) is 106 Å². The van der Waals surface area contributed by atoms with Crippen LogP contribution >= 0.6 is 0 Å². The molecule has 14 atom stereocenters. The van der Waals surface area contributed by atoms with Crippen LogP contribution in [0.4, 0.5) is 0 Å². The van der Waals surface area contributed by atoms with Gasteiger partial charge in [-0.1, -0.05) is 34.1 Å². The Balaban J connectivity index is 1.05. The first-order valence-electron chi connectivity index (χ1n) is 20.5. The Labute approximate surface area is 307 Å². The molecule has 4 aliphatic carbocycles. The summed E-state index contributed by atoms with van der Waals surface area (Å²) in [6.45, 7) is 20.8. The maximum Gasteiger partial charge on any atom is 0.216 e. The Hall–Kier alpha value is -0.440. The molecule has 7 aliphatic rings. The molecular weight excluding hydrogens is 650 g/mol. The summed E-state index contributed by atoms with van der Waals surface area (Å²) in [7, 11) is 0. The van der Waals surface area contributed by atoms with E-state index in [0.717, 1.165) is 90.5 Å². The lowest BCUT2D eigenvalue weighted by atomic mass is 9.41. The summed E-state index contributed by atoms with van der Waals surface area (Å²) in [6.07, 6.45) is 6.56. The summed E-state index contributed by atoms with van der Waals surface area (Å²) < 4.78 is 31.5. The van der Waals surface area contributed by atoms with Crippen LogP contribution in [-0.2, 0) is 23.7 Å². The standard InChI is InChI=1S/C40H71N3O8/c1-8-47-34(37(5,6)46)27-22-25(2)31-32(50-27)33(44)40(41)28-12-11-26-23-39(28,15-14-38(31,40)7)13-9-10-29(36(26,3)4)51-30-24-42(18-20-48-30)16-17-43-19-21-49-35(43)45/h25-35,44-46H,8-24,41H2,1-7H3/t25-,26-,27?,28?,29+,30?,31+,32?,33+,34+,35?,38-,39?,40+/m1/s1. The first kappa shape index (κ1) is 38.8. The molecule has 3 heterocycles. The number of fused-ring (bicyclic) bond motifs is 5. The molecule has 0 aromatic carbocycles. The molecule has 0 aromatic heterocycles. The molecular formula is C40H71N3O8. The van der Waals surface area contributed by atoms with Gasteiger partial charge in [0, 0.05) is 39.3 Å². The molecule has 4 saturated carbocycles. The molecule has 11 heteroatoms. The van der Waals surface area contributed by atoms with Crippen LogP contribution in [0.2, 0.25) is 0 Å². The minimum absolute atomic E-state index is 0.0257. The van der Waals surface area contributed by atoms with Gasteiger partial charge in [-0.25, -0.2) is 0 Å². The number of nitrogens with zero attached hydrogens (tertiary/aromatic N) is 2. The Morgan fingerprint density at radius 3 is 2.47 bits per heavy atom. The fourth-order valence-electron chi connectivity index (χ4n) is 13.1. The second-order valence-electron chi connectivity index (χ2n) is 19.3. The summed E-state index contributed by atoms with van der Waals surface area (Å²) >= 11 is 0. The van der Waals surface area contributed by atoms with Crippen LogP contribution in [0.5, 0.6) is 0 Å². The highest BCUT2D eigenvalue weighted by molar-refractivity contribution is 5.27. The summed E-state index contributed by atoms with van der Waals surface area (Å²) in [4.78, 5) is 4.38. The van der Waals surface area contributed by atoms with E-state index in [1.54, 1.807) is 13.8 Å². The topological polar surface area (TPSA) is 139 Å². The van der Waals surface area contributed by atoms with Crippen LogP contribution in [0, 0.1) is 39.9 Å². The zero-order valence-electron chi connectivity index (χ0n) is 32.7. The van der Waals surface area contributed by atoms with Crippen molar-refractivity contribution in [2.24, 2.45) is 45.7 Å². The van der Waals surface area contributed by atoms with E-state index in [-0.39, 0.29) is 52.7 Å². The van der Waals surface area contributed by atoms with Gasteiger partial charge in [0.05, 0.1) is 48.8 Å². The van der Waals surface area contributed by atoms with Gasteiger partial charge in [0.1, 0.15) is 6.10 Å². The normalized spacial score (nSPS) is 48.3. The number of nitrogens with two attached hydrogens (primary N) is 1. The van der Waals surface area contributed by atoms with E-state index in [9.17, 15) is 15.3 Å². The Bertz CT molecular complexity index is 1220. The summed E-state index contributed by atoms with van der Waals surface area (Å²) in [5.74, 6) is 1.19. The molecule has 51 heavy (non-hydrogen) atoms. The second-order valence-corrected chi connectivity index (χ2v) is 19.3. The fraction of sp³-hybridized carbons (Fsp3) is 1.00. The average molecular weight is 722 g/mol. The number of aliphatic hydroxyl groups is 3. The number of rotatable bonds is 9. The number of hydrogen-bond donors (Lipinski definition) is 4. The van der Waals surface area contributed by atoms with Gasteiger partial charge in [0.25, 0.3) is 0 Å². The van der Waals surface area contributed by atoms with Gasteiger partial charge in [0.15, 0.2) is 6.29 Å².